The maximum Gasteiger partial charge on any atom is 0.308 e. The Hall–Kier alpha value is -1.93. The Balaban J connectivity index is 2.36. The Bertz CT molecular complexity index is 726. The second-order valence-corrected chi connectivity index (χ2v) is 7.42. The number of thiophene rings is 1. The van der Waals surface area contributed by atoms with Gasteiger partial charge in [-0.15, -0.1) is 11.3 Å². The zero-order chi connectivity index (χ0) is 15.5. The van der Waals surface area contributed by atoms with E-state index in [1.165, 1.54) is 28.8 Å². The SMILES string of the molecule is CCN(c1ccncc1)S(=O)(=O)c1ccc(CC(=O)O)s1. The van der Waals surface area contributed by atoms with Crippen molar-refractivity contribution in [3.8, 4) is 0 Å². The summed E-state index contributed by atoms with van der Waals surface area (Å²) in [5.41, 5.74) is 0.528. The van der Waals surface area contributed by atoms with Crippen molar-refractivity contribution in [2.75, 3.05) is 10.8 Å². The summed E-state index contributed by atoms with van der Waals surface area (Å²) in [5.74, 6) is -0.984. The third-order valence-electron chi connectivity index (χ3n) is 2.74. The summed E-state index contributed by atoms with van der Waals surface area (Å²) in [7, 11) is -3.69. The Morgan fingerprint density at radius 2 is 1.95 bits per heavy atom. The normalized spacial score (nSPS) is 11.3. The third-order valence-corrected chi connectivity index (χ3v) is 6.20. The molecule has 21 heavy (non-hydrogen) atoms. The fourth-order valence-electron chi connectivity index (χ4n) is 1.85. The highest BCUT2D eigenvalue weighted by atomic mass is 32.2. The first-order valence-electron chi connectivity index (χ1n) is 6.18. The maximum absolute atomic E-state index is 12.6. The van der Waals surface area contributed by atoms with E-state index in [1.807, 2.05) is 0 Å². The molecule has 0 radical (unpaired) electrons. The highest BCUT2D eigenvalue weighted by Gasteiger charge is 2.25. The smallest absolute Gasteiger partial charge is 0.308 e. The number of anilines is 1. The topological polar surface area (TPSA) is 87.6 Å². The summed E-state index contributed by atoms with van der Waals surface area (Å²) in [4.78, 5) is 15.1. The maximum atomic E-state index is 12.6. The van der Waals surface area contributed by atoms with Crippen LogP contribution >= 0.6 is 11.3 Å². The van der Waals surface area contributed by atoms with Gasteiger partial charge in [0.1, 0.15) is 4.21 Å². The quantitative estimate of drug-likeness (QED) is 0.877. The Morgan fingerprint density at radius 3 is 2.52 bits per heavy atom. The molecule has 0 atom stereocenters. The molecule has 2 rings (SSSR count). The number of carboxylic acids is 1. The van der Waals surface area contributed by atoms with Crippen molar-refractivity contribution in [2.45, 2.75) is 17.6 Å². The van der Waals surface area contributed by atoms with Crippen LogP contribution in [0.15, 0.2) is 40.9 Å². The standard InChI is InChI=1S/C13H14N2O4S2/c1-2-15(10-5-7-14-8-6-10)21(18,19)13-4-3-11(20-13)9-12(16)17/h3-8H,2,9H2,1H3,(H,16,17). The molecule has 0 bridgehead atoms. The van der Waals surface area contributed by atoms with Crippen molar-refractivity contribution in [1.82, 2.24) is 4.98 Å². The van der Waals surface area contributed by atoms with Gasteiger partial charge in [-0.25, -0.2) is 8.42 Å². The number of aliphatic carboxylic acids is 1. The number of hydrogen-bond donors (Lipinski definition) is 1. The number of carboxylic acid groups (broad SMARTS) is 1. The summed E-state index contributed by atoms with van der Waals surface area (Å²) in [6.07, 6.45) is 2.87. The monoisotopic (exact) mass is 326 g/mol. The molecule has 2 heterocycles. The van der Waals surface area contributed by atoms with E-state index >= 15 is 0 Å². The van der Waals surface area contributed by atoms with Gasteiger partial charge in [-0.1, -0.05) is 0 Å². The van der Waals surface area contributed by atoms with Gasteiger partial charge >= 0.3 is 5.97 Å². The summed E-state index contributed by atoms with van der Waals surface area (Å²) in [5, 5.41) is 8.75. The molecule has 0 amide bonds. The minimum Gasteiger partial charge on any atom is -0.481 e. The van der Waals surface area contributed by atoms with E-state index < -0.39 is 16.0 Å². The van der Waals surface area contributed by atoms with Gasteiger partial charge in [0.2, 0.25) is 0 Å². The van der Waals surface area contributed by atoms with E-state index in [-0.39, 0.29) is 17.2 Å². The van der Waals surface area contributed by atoms with Crippen LogP contribution in [0.2, 0.25) is 0 Å². The molecular formula is C13H14N2O4S2. The number of sulfonamides is 1. The van der Waals surface area contributed by atoms with Crippen LogP contribution in [-0.4, -0.2) is 31.0 Å². The van der Waals surface area contributed by atoms with E-state index in [4.69, 9.17) is 5.11 Å². The molecule has 0 fully saturated rings. The summed E-state index contributed by atoms with van der Waals surface area (Å²) >= 11 is 0.980. The van der Waals surface area contributed by atoms with Crippen molar-refractivity contribution >= 4 is 33.0 Å². The van der Waals surface area contributed by atoms with Gasteiger partial charge in [0.05, 0.1) is 12.1 Å². The predicted molar refractivity (Wildman–Crippen MR) is 80.1 cm³/mol. The van der Waals surface area contributed by atoms with Gasteiger partial charge in [0, 0.05) is 23.8 Å². The molecular weight excluding hydrogens is 312 g/mol. The van der Waals surface area contributed by atoms with E-state index in [1.54, 1.807) is 19.1 Å². The van der Waals surface area contributed by atoms with Crippen molar-refractivity contribution in [1.29, 1.82) is 0 Å². The lowest BCUT2D eigenvalue weighted by molar-refractivity contribution is -0.136. The number of aromatic nitrogens is 1. The lowest BCUT2D eigenvalue weighted by Gasteiger charge is -2.21. The first kappa shape index (κ1) is 15.5. The zero-order valence-electron chi connectivity index (χ0n) is 11.3. The Labute approximate surface area is 126 Å². The average molecular weight is 326 g/mol. The molecule has 0 saturated carbocycles. The molecule has 0 aromatic carbocycles. The minimum atomic E-state index is -3.69. The van der Waals surface area contributed by atoms with Crippen LogP contribution < -0.4 is 4.31 Å². The number of hydrogen-bond acceptors (Lipinski definition) is 5. The Kier molecular flexibility index (Phi) is 4.59. The first-order chi connectivity index (χ1) is 9.95. The average Bonchev–Trinajstić information content (AvgIpc) is 2.89. The van der Waals surface area contributed by atoms with Crippen LogP contribution in [0.25, 0.3) is 0 Å². The fraction of sp³-hybridized carbons (Fsp3) is 0.231. The van der Waals surface area contributed by atoms with Gasteiger partial charge in [-0.05, 0) is 31.2 Å². The number of nitrogens with zero attached hydrogens (tertiary/aromatic N) is 2. The molecule has 0 saturated heterocycles. The molecule has 2 aromatic heterocycles. The van der Waals surface area contributed by atoms with Gasteiger partial charge in [-0.2, -0.15) is 0 Å². The molecule has 8 heteroatoms. The lowest BCUT2D eigenvalue weighted by Crippen LogP contribution is -2.30. The molecule has 1 N–H and O–H groups in total. The number of carbonyl (C=O) groups is 1. The highest BCUT2D eigenvalue weighted by Crippen LogP contribution is 2.28. The van der Waals surface area contributed by atoms with Crippen molar-refractivity contribution in [2.24, 2.45) is 0 Å². The summed E-state index contributed by atoms with van der Waals surface area (Å²) < 4.78 is 26.7. The van der Waals surface area contributed by atoms with Crippen LogP contribution in [0.5, 0.6) is 0 Å². The molecule has 0 spiro atoms. The first-order valence-corrected chi connectivity index (χ1v) is 8.44. The summed E-state index contributed by atoms with van der Waals surface area (Å²) in [6.45, 7) is 2.02. The number of rotatable bonds is 6. The van der Waals surface area contributed by atoms with Crippen molar-refractivity contribution in [3.63, 3.8) is 0 Å². The van der Waals surface area contributed by atoms with Crippen molar-refractivity contribution < 1.29 is 18.3 Å². The van der Waals surface area contributed by atoms with Crippen LogP contribution in [0.4, 0.5) is 5.69 Å². The molecule has 0 aliphatic heterocycles. The van der Waals surface area contributed by atoms with Gasteiger partial charge in [-0.3, -0.25) is 14.1 Å². The molecule has 2 aromatic rings. The molecule has 0 aliphatic carbocycles. The molecule has 112 valence electrons. The predicted octanol–water partition coefficient (Wildman–Crippen LogP) is 1.99. The second kappa shape index (κ2) is 6.23. The van der Waals surface area contributed by atoms with Crippen LogP contribution in [0.1, 0.15) is 11.8 Å². The van der Waals surface area contributed by atoms with Crippen molar-refractivity contribution in [3.05, 3.63) is 41.5 Å². The third kappa shape index (κ3) is 3.40. The van der Waals surface area contributed by atoms with Gasteiger partial charge in [0.25, 0.3) is 10.0 Å². The minimum absolute atomic E-state index is 0.136. The Morgan fingerprint density at radius 1 is 1.29 bits per heavy atom. The largest absolute Gasteiger partial charge is 0.481 e. The molecule has 0 unspecified atom stereocenters. The number of pyridine rings is 1. The van der Waals surface area contributed by atoms with Crippen LogP contribution in [0, 0.1) is 0 Å². The molecule has 6 nitrogen and oxygen atoms in total. The highest BCUT2D eigenvalue weighted by molar-refractivity contribution is 7.94. The van der Waals surface area contributed by atoms with Gasteiger partial charge < -0.3 is 5.11 Å². The van der Waals surface area contributed by atoms with Crippen LogP contribution in [0.3, 0.4) is 0 Å². The van der Waals surface area contributed by atoms with E-state index in [0.717, 1.165) is 11.3 Å². The van der Waals surface area contributed by atoms with E-state index in [2.05, 4.69) is 4.98 Å². The van der Waals surface area contributed by atoms with E-state index in [9.17, 15) is 13.2 Å². The second-order valence-electron chi connectivity index (χ2n) is 4.17. The van der Waals surface area contributed by atoms with E-state index in [0.29, 0.717) is 10.6 Å². The molecule has 0 aliphatic rings. The van der Waals surface area contributed by atoms with Gasteiger partial charge in [0.15, 0.2) is 0 Å². The fourth-order valence-corrected chi connectivity index (χ4v) is 4.79. The summed E-state index contributed by atoms with van der Waals surface area (Å²) in [6, 6.07) is 6.22. The zero-order valence-corrected chi connectivity index (χ0v) is 12.9. The lowest BCUT2D eigenvalue weighted by atomic mass is 10.3. The van der Waals surface area contributed by atoms with Crippen LogP contribution in [-0.2, 0) is 21.2 Å².